The lowest BCUT2D eigenvalue weighted by Gasteiger charge is -2.62. The fraction of sp³-hybridized carbons (Fsp3) is 0.523. The van der Waals surface area contributed by atoms with Gasteiger partial charge in [-0.3, -0.25) is 98.4 Å². The van der Waals surface area contributed by atoms with Crippen molar-refractivity contribution in [1.82, 2.24) is 87.9 Å². The molecule has 0 radical (unpaired) electrons. The SMILES string of the molecule is COc1ccc(-c2cnnn2-c2cc(OC)c(OC)c(OC)c2)cc1NC(=O)OC1CCCC2(C1)OOC1(O2)C2CC3CC1CC(NC(=O)C1CCC(CN4C(=O)CC(SCN[C@@H](CS)C(=O)C(=O)[C@H](CC(=O)O)NN[C@@H](CC(=O)O)C(=O)N[C@@H](CCCNC(=N)N)C(=O)N[C@@H](CC(=O)O)C(=O)NC(=O)CCC(NC(=O)c5ccc(NCc6cnc7nc(N)[nH]c(=O)c7n6)cc5)C(=O)O)C4=O)CC1)(C3)C2. The van der Waals surface area contributed by atoms with E-state index in [9.17, 15) is 97.1 Å². The number of nitrogens with zero attached hydrogens (tertiary/aromatic N) is 7. The van der Waals surface area contributed by atoms with Crippen molar-refractivity contribution in [3.05, 3.63) is 88.6 Å². The van der Waals surface area contributed by atoms with E-state index in [1.165, 1.54) is 63.8 Å². The van der Waals surface area contributed by atoms with Crippen LogP contribution in [0.1, 0.15) is 151 Å². The third kappa shape index (κ3) is 25.3. The van der Waals surface area contributed by atoms with Crippen molar-refractivity contribution < 1.29 is 131 Å². The van der Waals surface area contributed by atoms with Crippen LogP contribution in [0, 0.1) is 35.0 Å². The maximum atomic E-state index is 14.4. The van der Waals surface area contributed by atoms with Crippen molar-refractivity contribution in [2.45, 2.75) is 206 Å². The number of carboxylic acid groups (broad SMARTS) is 4. The predicted molar refractivity (Wildman–Crippen MR) is 493 cm³/mol. The molecule has 8 fully saturated rings. The minimum Gasteiger partial charge on any atom is -0.495 e. The molecule has 50 nitrogen and oxygen atoms in total. The number of carboxylic acids is 4. The number of likely N-dealkylation sites (tertiary alicyclic amines) is 1. The first-order valence-electron chi connectivity index (χ1n) is 45.1. The maximum absolute atomic E-state index is 14.4. The van der Waals surface area contributed by atoms with Gasteiger partial charge in [-0.2, -0.15) is 27.4 Å². The molecule has 2 saturated heterocycles. The lowest BCUT2D eigenvalue weighted by atomic mass is 9.50. The Balaban J connectivity index is 0.542. The monoisotopic (exact) mass is 1990 g/mol. The molecule has 9 amide bonds. The summed E-state index contributed by atoms with van der Waals surface area (Å²) < 4.78 is 37.1. The van der Waals surface area contributed by atoms with Gasteiger partial charge in [-0.15, -0.1) is 16.9 Å². The number of benzene rings is 3. The molecule has 14 rings (SSSR count). The van der Waals surface area contributed by atoms with Crippen LogP contribution in [-0.4, -0.2) is 273 Å². The number of fused-ring (bicyclic) bond motifs is 1. The number of nitrogens with two attached hydrogens (primary N) is 2. The highest BCUT2D eigenvalue weighted by Crippen LogP contribution is 2.65. The van der Waals surface area contributed by atoms with Crippen LogP contribution < -0.4 is 94.7 Å². The number of aliphatic carboxylic acids is 4. The average Bonchev–Trinajstić information content (AvgIpc) is 1.47. The number of aromatic nitrogens is 7. The number of thiol groups is 1. The molecule has 21 N–H and O–H groups in total. The molecular weight excluding hydrogens is 1880 g/mol. The lowest BCUT2D eigenvalue weighted by molar-refractivity contribution is -0.392. The number of anilines is 3. The molecule has 752 valence electrons. The molecule has 3 aromatic heterocycles. The summed E-state index contributed by atoms with van der Waals surface area (Å²) >= 11 is 5.19. The van der Waals surface area contributed by atoms with E-state index in [2.05, 4.69) is 96.3 Å². The van der Waals surface area contributed by atoms with Crippen molar-refractivity contribution >= 4 is 148 Å². The van der Waals surface area contributed by atoms with E-state index in [4.69, 9.17) is 55.1 Å². The smallest absolute Gasteiger partial charge is 0.412 e. The van der Waals surface area contributed by atoms with E-state index in [0.29, 0.717) is 121 Å². The van der Waals surface area contributed by atoms with Crippen LogP contribution in [0.4, 0.5) is 22.1 Å². The molecule has 2 spiro atoms. The van der Waals surface area contributed by atoms with E-state index in [1.54, 1.807) is 41.2 Å². The van der Waals surface area contributed by atoms with Crippen LogP contribution >= 0.6 is 24.4 Å². The Bertz CT molecular complexity index is 5750. The van der Waals surface area contributed by atoms with E-state index in [-0.39, 0.29) is 103 Å². The highest BCUT2D eigenvalue weighted by atomic mass is 32.2. The molecule has 6 unspecified atom stereocenters. The molecule has 8 aliphatic rings. The number of Topliss-reactive ketones (excluding diaryl/α,β-unsaturated/α-hetero) is 2. The molecule has 2 aliphatic heterocycles. The fourth-order valence-electron chi connectivity index (χ4n) is 19.1. The lowest BCUT2D eigenvalue weighted by Crippen LogP contribution is -2.69. The van der Waals surface area contributed by atoms with E-state index >= 15 is 0 Å². The number of aromatic amines is 1. The van der Waals surface area contributed by atoms with Crippen molar-refractivity contribution in [3.63, 3.8) is 0 Å². The average molecular weight is 1990 g/mol. The minimum absolute atomic E-state index is 0.0239. The summed E-state index contributed by atoms with van der Waals surface area (Å²) in [5.41, 5.74) is 17.2. The zero-order valence-electron chi connectivity index (χ0n) is 76.5. The maximum Gasteiger partial charge on any atom is 0.412 e. The van der Waals surface area contributed by atoms with Gasteiger partial charge in [-0.25, -0.2) is 35.1 Å². The van der Waals surface area contributed by atoms with Crippen LogP contribution in [-0.2, 0) is 88.1 Å². The number of H-pyrrole nitrogens is 1. The van der Waals surface area contributed by atoms with E-state index in [0.717, 1.165) is 31.0 Å². The summed E-state index contributed by atoms with van der Waals surface area (Å²) in [4.78, 5) is 242. The number of thioether (sulfide) groups is 1. The molecule has 11 atom stereocenters. The molecule has 6 aromatic rings. The highest BCUT2D eigenvalue weighted by Gasteiger charge is 2.70. The summed E-state index contributed by atoms with van der Waals surface area (Å²) in [5.74, 6) is -18.9. The number of carbonyl (C=O) groups excluding carboxylic acids is 11. The Labute approximate surface area is 807 Å². The van der Waals surface area contributed by atoms with Crippen molar-refractivity contribution in [2.75, 3.05) is 69.5 Å². The van der Waals surface area contributed by atoms with Gasteiger partial charge in [0.1, 0.15) is 36.0 Å². The number of imide groups is 2. The zero-order chi connectivity index (χ0) is 101. The van der Waals surface area contributed by atoms with Crippen LogP contribution in [0.2, 0.25) is 0 Å². The fourth-order valence-corrected chi connectivity index (χ4v) is 20.4. The van der Waals surface area contributed by atoms with Crippen molar-refractivity contribution in [1.29, 1.82) is 5.41 Å². The second kappa shape index (κ2) is 45.9. The van der Waals surface area contributed by atoms with Gasteiger partial charge in [-0.1, -0.05) is 5.21 Å². The largest absolute Gasteiger partial charge is 0.495 e. The number of ketones is 2. The van der Waals surface area contributed by atoms with Gasteiger partial charge in [0, 0.05) is 103 Å². The minimum atomic E-state index is -2.11. The Kier molecular flexibility index (Phi) is 33.9. The van der Waals surface area contributed by atoms with Gasteiger partial charge in [0.15, 0.2) is 28.6 Å². The van der Waals surface area contributed by atoms with Crippen LogP contribution in [0.25, 0.3) is 28.1 Å². The number of nitrogens with one attached hydrogen (secondary N) is 13. The topological polar surface area (TPSA) is 725 Å². The molecule has 140 heavy (non-hydrogen) atoms. The molecule has 5 heterocycles. The van der Waals surface area contributed by atoms with Gasteiger partial charge in [0.2, 0.25) is 76.2 Å². The second-order valence-electron chi connectivity index (χ2n) is 35.3. The van der Waals surface area contributed by atoms with Crippen LogP contribution in [0.3, 0.4) is 0 Å². The molecule has 4 bridgehead atoms. The van der Waals surface area contributed by atoms with E-state index < -0.39 is 198 Å². The number of amides is 9. The van der Waals surface area contributed by atoms with Gasteiger partial charge in [0.05, 0.1) is 107 Å². The van der Waals surface area contributed by atoms with Crippen molar-refractivity contribution in [2.24, 2.45) is 35.3 Å². The van der Waals surface area contributed by atoms with Gasteiger partial charge < -0.3 is 92.2 Å². The number of hydrogen-bond donors (Lipinski definition) is 20. The Hall–Kier alpha value is -13.8. The van der Waals surface area contributed by atoms with Gasteiger partial charge >= 0.3 is 30.0 Å². The zero-order valence-corrected chi connectivity index (χ0v) is 78.2. The Morgan fingerprint density at radius 2 is 1.39 bits per heavy atom. The van der Waals surface area contributed by atoms with Gasteiger partial charge in [0.25, 0.3) is 11.5 Å². The molecule has 6 saturated carbocycles. The summed E-state index contributed by atoms with van der Waals surface area (Å²) in [6, 6.07) is 3.10. The molecule has 52 heteroatoms. The van der Waals surface area contributed by atoms with Gasteiger partial charge in [-0.05, 0) is 144 Å². The first-order chi connectivity index (χ1) is 66.9. The normalized spacial score (nSPS) is 22.9. The number of methoxy groups -OCH3 is 4. The molecule has 6 aliphatic carbocycles. The number of guanidine groups is 1. The summed E-state index contributed by atoms with van der Waals surface area (Å²) in [6.45, 7) is 0.0253. The first-order valence-corrected chi connectivity index (χ1v) is 46.8. The number of ether oxygens (including phenoxy) is 6. The summed E-state index contributed by atoms with van der Waals surface area (Å²) in [6.07, 6.45) is 3.41. The standard InChI is InChI=1S/C88H110N22O28S2/c1-131-61-19-15-46(60-38-96-108-110(60)51-26-62(132-2)73(134-4)63(27-51)133-3)25-55(61)101-85(130)135-52-7-5-21-87(35-52)136-88(138-137-87)47-23-43-24-48(88)34-86(32-43,33-47)105-76(122)45-11-9-42(10-12-45)39-109-66(112)31-64(81(109)127)140-41-95-59(40-139)72(120)71(119)56(28-67(113)114)106-107-58(30-69(117)118)79(125)98-53(8-6-22-92-83(89)90)77(123)100-57(29-68(115)116)78(124)102-65(111)20-18-54(82(128)129)99-75(121)44-13-16-49(17-14-44)93-36-50-37-94-74-70(97-50)80(126)104-84(91)103-74/h13-17,19,25-27,37-38,42-43,45,47-48,52-54,56-59,64,93,95,106-107,139H,5-12,18,20-24,28-36,39-41H2,1-4H3,(H,98,125)(H,99,121)(H,100,123)(H,101,130)(H,105,122)(H,113,114)(H,115,116)(H,117,118)(H,128,129)(H4,89,90,92)(H,102,111,124)(H3,91,94,103,104,126)/t42?,43?,45?,47?,48?,52?,53-,54?,56-,57-,58-,59-,64?,86?,87?,88?/m0/s1. The highest BCUT2D eigenvalue weighted by molar-refractivity contribution is 8.00. The first kappa shape index (κ1) is 104. The number of nitrogen functional groups attached to an aromatic ring is 1. The quantitative estimate of drug-likeness (QED) is 0.00294. The summed E-state index contributed by atoms with van der Waals surface area (Å²) in [7, 11) is 6.01. The third-order valence-corrected chi connectivity index (χ3v) is 27.2. The number of hydrogen-bond acceptors (Lipinski definition) is 37. The number of rotatable bonds is 47. The van der Waals surface area contributed by atoms with Crippen molar-refractivity contribution in [3.8, 4) is 39.9 Å². The number of hydrazine groups is 1. The van der Waals surface area contributed by atoms with Crippen LogP contribution in [0.15, 0.2) is 71.8 Å². The van der Waals surface area contributed by atoms with Crippen LogP contribution in [0.5, 0.6) is 23.0 Å². The number of carbonyl (C=O) groups is 15. The Morgan fingerprint density at radius 3 is 2.05 bits per heavy atom. The predicted octanol–water partition coefficient (Wildman–Crippen LogP) is 1.19. The Morgan fingerprint density at radius 1 is 0.721 bits per heavy atom. The third-order valence-electron chi connectivity index (χ3n) is 25.8. The second-order valence-corrected chi connectivity index (χ2v) is 36.9. The van der Waals surface area contributed by atoms with E-state index in [1.807, 2.05) is 5.32 Å². The molecular formula is C88H110N22O28S2. The molecule has 3 aromatic carbocycles. The summed E-state index contributed by atoms with van der Waals surface area (Å²) in [5, 5.41) is 77.9.